The molecule has 0 radical (unpaired) electrons. The van der Waals surface area contributed by atoms with Gasteiger partial charge in [-0.2, -0.15) is 0 Å². The van der Waals surface area contributed by atoms with E-state index in [0.29, 0.717) is 5.71 Å². The topological polar surface area (TPSA) is 29.4 Å². The molecule has 2 nitrogen and oxygen atoms in total. The van der Waals surface area contributed by atoms with Gasteiger partial charge in [0, 0.05) is 0 Å². The molecule has 1 aromatic carbocycles. The van der Waals surface area contributed by atoms with Crippen LogP contribution in [0.3, 0.4) is 0 Å². The SMILES string of the molecule is CC(C=O)=Nc1ccccc1C. The maximum absolute atomic E-state index is 10.3. The quantitative estimate of drug-likeness (QED) is 0.483. The van der Waals surface area contributed by atoms with Crippen LogP contribution >= 0.6 is 0 Å². The van der Waals surface area contributed by atoms with Gasteiger partial charge < -0.3 is 0 Å². The van der Waals surface area contributed by atoms with Crippen LogP contribution in [0, 0.1) is 6.92 Å². The molecule has 0 aliphatic carbocycles. The Labute approximate surface area is 71.9 Å². The van der Waals surface area contributed by atoms with Gasteiger partial charge >= 0.3 is 0 Å². The van der Waals surface area contributed by atoms with Gasteiger partial charge in [0.1, 0.15) is 0 Å². The highest BCUT2D eigenvalue weighted by Crippen LogP contribution is 2.16. The van der Waals surface area contributed by atoms with E-state index in [1.807, 2.05) is 31.2 Å². The van der Waals surface area contributed by atoms with Crippen LogP contribution in [0.1, 0.15) is 12.5 Å². The number of para-hydroxylation sites is 1. The van der Waals surface area contributed by atoms with Crippen molar-refractivity contribution in [3.05, 3.63) is 29.8 Å². The van der Waals surface area contributed by atoms with Gasteiger partial charge in [-0.3, -0.25) is 9.79 Å². The minimum Gasteiger partial charge on any atom is -0.297 e. The van der Waals surface area contributed by atoms with Crippen LogP contribution in [0.5, 0.6) is 0 Å². The lowest BCUT2D eigenvalue weighted by atomic mass is 10.2. The van der Waals surface area contributed by atoms with Gasteiger partial charge in [-0.25, -0.2) is 0 Å². The first-order valence-electron chi connectivity index (χ1n) is 3.80. The Balaban J connectivity index is 3.04. The molecule has 0 saturated heterocycles. The highest BCUT2D eigenvalue weighted by molar-refractivity contribution is 6.27. The lowest BCUT2D eigenvalue weighted by Gasteiger charge is -1.97. The molecular weight excluding hydrogens is 150 g/mol. The molecule has 1 rings (SSSR count). The van der Waals surface area contributed by atoms with Crippen molar-refractivity contribution >= 4 is 17.7 Å². The number of hydrogen-bond acceptors (Lipinski definition) is 2. The van der Waals surface area contributed by atoms with E-state index < -0.39 is 0 Å². The summed E-state index contributed by atoms with van der Waals surface area (Å²) in [5.74, 6) is 0. The van der Waals surface area contributed by atoms with Gasteiger partial charge in [0.15, 0.2) is 6.29 Å². The molecule has 0 fully saturated rings. The van der Waals surface area contributed by atoms with Crippen LogP contribution in [0.25, 0.3) is 0 Å². The van der Waals surface area contributed by atoms with Crippen molar-refractivity contribution in [2.24, 2.45) is 4.99 Å². The zero-order valence-electron chi connectivity index (χ0n) is 7.24. The zero-order valence-corrected chi connectivity index (χ0v) is 7.24. The molecule has 0 amide bonds. The highest BCUT2D eigenvalue weighted by atomic mass is 16.1. The third kappa shape index (κ3) is 2.02. The number of carbonyl (C=O) groups excluding carboxylic acids is 1. The summed E-state index contributed by atoms with van der Waals surface area (Å²) in [5, 5.41) is 0. The number of hydrogen-bond donors (Lipinski definition) is 0. The van der Waals surface area contributed by atoms with E-state index in [1.54, 1.807) is 6.92 Å². The molecule has 62 valence electrons. The number of carbonyl (C=O) groups is 1. The van der Waals surface area contributed by atoms with Crippen molar-refractivity contribution in [1.29, 1.82) is 0 Å². The Bertz CT molecular complexity index is 315. The molecule has 0 unspecified atom stereocenters. The predicted molar refractivity (Wildman–Crippen MR) is 50.0 cm³/mol. The Morgan fingerprint density at radius 1 is 1.42 bits per heavy atom. The number of nitrogens with zero attached hydrogens (tertiary/aromatic N) is 1. The van der Waals surface area contributed by atoms with Crippen molar-refractivity contribution in [3.8, 4) is 0 Å². The molecule has 0 bridgehead atoms. The number of rotatable bonds is 2. The van der Waals surface area contributed by atoms with E-state index >= 15 is 0 Å². The van der Waals surface area contributed by atoms with Crippen molar-refractivity contribution in [2.75, 3.05) is 0 Å². The molecule has 0 N–H and O–H groups in total. The van der Waals surface area contributed by atoms with Crippen LogP contribution in [0.15, 0.2) is 29.3 Å². The van der Waals surface area contributed by atoms with E-state index in [0.717, 1.165) is 17.5 Å². The number of benzene rings is 1. The summed E-state index contributed by atoms with van der Waals surface area (Å²) in [4.78, 5) is 14.4. The molecule has 0 aliphatic heterocycles. The molecule has 12 heavy (non-hydrogen) atoms. The molecule has 0 heterocycles. The van der Waals surface area contributed by atoms with Crippen LogP contribution in [0.2, 0.25) is 0 Å². The van der Waals surface area contributed by atoms with Crippen LogP contribution in [-0.4, -0.2) is 12.0 Å². The maximum Gasteiger partial charge on any atom is 0.163 e. The summed E-state index contributed by atoms with van der Waals surface area (Å²) in [6, 6.07) is 7.72. The maximum atomic E-state index is 10.3. The molecule has 0 atom stereocenters. The van der Waals surface area contributed by atoms with E-state index in [-0.39, 0.29) is 0 Å². The molecule has 0 aliphatic rings. The van der Waals surface area contributed by atoms with Crippen molar-refractivity contribution in [2.45, 2.75) is 13.8 Å². The molecule has 0 aromatic heterocycles. The van der Waals surface area contributed by atoms with Gasteiger partial charge in [-0.1, -0.05) is 18.2 Å². The van der Waals surface area contributed by atoms with Crippen molar-refractivity contribution < 1.29 is 4.79 Å². The van der Waals surface area contributed by atoms with E-state index in [2.05, 4.69) is 4.99 Å². The molecule has 2 heteroatoms. The Morgan fingerprint density at radius 3 is 2.67 bits per heavy atom. The summed E-state index contributed by atoms with van der Waals surface area (Å²) in [7, 11) is 0. The Kier molecular flexibility index (Phi) is 2.75. The molecule has 1 aromatic rings. The second-order valence-corrected chi connectivity index (χ2v) is 2.66. The average molecular weight is 161 g/mol. The monoisotopic (exact) mass is 161 g/mol. The molecule has 0 saturated carbocycles. The Morgan fingerprint density at radius 2 is 2.08 bits per heavy atom. The first-order valence-corrected chi connectivity index (χ1v) is 3.80. The fourth-order valence-electron chi connectivity index (χ4n) is 0.905. The van der Waals surface area contributed by atoms with Crippen LogP contribution in [0.4, 0.5) is 5.69 Å². The van der Waals surface area contributed by atoms with E-state index in [9.17, 15) is 4.79 Å². The summed E-state index contributed by atoms with van der Waals surface area (Å²) in [5.41, 5.74) is 2.45. The number of aldehydes is 1. The van der Waals surface area contributed by atoms with E-state index in [1.165, 1.54) is 0 Å². The Hall–Kier alpha value is -1.44. The zero-order chi connectivity index (χ0) is 8.97. The predicted octanol–water partition coefficient (Wildman–Crippen LogP) is 2.29. The van der Waals surface area contributed by atoms with Crippen molar-refractivity contribution in [3.63, 3.8) is 0 Å². The highest BCUT2D eigenvalue weighted by Gasteiger charge is 1.93. The molecular formula is C10H11NO. The minimum absolute atomic E-state index is 0.504. The van der Waals surface area contributed by atoms with Crippen LogP contribution in [-0.2, 0) is 4.79 Å². The fraction of sp³-hybridized carbons (Fsp3) is 0.200. The second kappa shape index (κ2) is 3.81. The van der Waals surface area contributed by atoms with Gasteiger partial charge in [0.2, 0.25) is 0 Å². The first kappa shape index (κ1) is 8.65. The molecule has 0 spiro atoms. The number of aliphatic imine (C=N–C) groups is 1. The third-order valence-corrected chi connectivity index (χ3v) is 1.58. The standard InChI is InChI=1S/C10H11NO/c1-8-5-3-4-6-10(8)11-9(2)7-12/h3-7H,1-2H3. The minimum atomic E-state index is 0.504. The van der Waals surface area contributed by atoms with Gasteiger partial charge in [0.25, 0.3) is 0 Å². The normalized spacial score (nSPS) is 11.3. The smallest absolute Gasteiger partial charge is 0.163 e. The summed E-state index contributed by atoms with van der Waals surface area (Å²) >= 11 is 0. The second-order valence-electron chi connectivity index (χ2n) is 2.66. The van der Waals surface area contributed by atoms with Gasteiger partial charge in [0.05, 0.1) is 11.4 Å². The fourth-order valence-corrected chi connectivity index (χ4v) is 0.905. The summed E-state index contributed by atoms with van der Waals surface area (Å²) < 4.78 is 0. The van der Waals surface area contributed by atoms with Gasteiger partial charge in [-0.15, -0.1) is 0 Å². The lowest BCUT2D eigenvalue weighted by molar-refractivity contribution is -0.102. The van der Waals surface area contributed by atoms with Crippen LogP contribution < -0.4 is 0 Å². The lowest BCUT2D eigenvalue weighted by Crippen LogP contribution is -1.90. The summed E-state index contributed by atoms with van der Waals surface area (Å²) in [6.45, 7) is 3.66. The van der Waals surface area contributed by atoms with E-state index in [4.69, 9.17) is 0 Å². The average Bonchev–Trinajstić information content (AvgIpc) is 2.09. The summed E-state index contributed by atoms with van der Waals surface area (Å²) in [6.07, 6.45) is 0.756. The number of aryl methyl sites for hydroxylation is 1. The largest absolute Gasteiger partial charge is 0.297 e. The third-order valence-electron chi connectivity index (χ3n) is 1.58. The first-order chi connectivity index (χ1) is 5.74. The van der Waals surface area contributed by atoms with Crippen molar-refractivity contribution in [1.82, 2.24) is 0 Å². The van der Waals surface area contributed by atoms with Gasteiger partial charge in [-0.05, 0) is 25.5 Å².